The van der Waals surface area contributed by atoms with Crippen LogP contribution in [-0.2, 0) is 16.8 Å². The zero-order valence-corrected chi connectivity index (χ0v) is 22.1. The number of allylic oxidation sites excluding steroid dienone is 3. The molecule has 0 N–H and O–H groups in total. The van der Waals surface area contributed by atoms with Crippen LogP contribution < -0.4 is 5.11 Å². The van der Waals surface area contributed by atoms with Crippen molar-refractivity contribution in [3.8, 4) is 0 Å². The van der Waals surface area contributed by atoms with E-state index in [1.807, 2.05) is 36.7 Å². The van der Waals surface area contributed by atoms with Crippen LogP contribution in [0.1, 0.15) is 50.9 Å². The Morgan fingerprint density at radius 1 is 1.16 bits per heavy atom. The fourth-order valence-electron chi connectivity index (χ4n) is 5.74. The van der Waals surface area contributed by atoms with Crippen molar-refractivity contribution in [3.05, 3.63) is 86.8 Å². The SMILES string of the molecule is Cc1c(C2=C([O-])/C(=C\C3=[N+](C)c4ccccc4C3(C)C)C2=O)c2cc([N+](=O)[O-])ccc2n1CCC(C)C. The van der Waals surface area contributed by atoms with Crippen LogP contribution in [0.5, 0.6) is 0 Å². The van der Waals surface area contributed by atoms with E-state index in [-0.39, 0.29) is 33.8 Å². The molecule has 1 aliphatic carbocycles. The average molecular weight is 498 g/mol. The van der Waals surface area contributed by atoms with Crippen molar-refractivity contribution in [1.82, 2.24) is 4.57 Å². The summed E-state index contributed by atoms with van der Waals surface area (Å²) in [5.41, 5.74) is 5.03. The van der Waals surface area contributed by atoms with Crippen LogP contribution in [0, 0.1) is 23.0 Å². The van der Waals surface area contributed by atoms with Gasteiger partial charge in [0, 0.05) is 69.7 Å². The molecule has 0 fully saturated rings. The summed E-state index contributed by atoms with van der Waals surface area (Å²) in [5, 5.41) is 25.6. The fourth-order valence-corrected chi connectivity index (χ4v) is 5.74. The Morgan fingerprint density at radius 2 is 1.86 bits per heavy atom. The van der Waals surface area contributed by atoms with Gasteiger partial charge in [0.15, 0.2) is 11.5 Å². The largest absolute Gasteiger partial charge is 0.871 e. The van der Waals surface area contributed by atoms with E-state index in [2.05, 4.69) is 38.3 Å². The van der Waals surface area contributed by atoms with E-state index < -0.39 is 4.92 Å². The number of Topliss-reactive ketones (excluding diaryl/α,β-unsaturated/α-hetero) is 1. The van der Waals surface area contributed by atoms with Crippen LogP contribution in [0.15, 0.2) is 59.9 Å². The first-order valence-electron chi connectivity index (χ1n) is 12.6. The van der Waals surface area contributed by atoms with Crippen molar-refractivity contribution in [2.75, 3.05) is 7.05 Å². The summed E-state index contributed by atoms with van der Waals surface area (Å²) in [6.45, 7) is 11.0. The van der Waals surface area contributed by atoms with Crippen LogP contribution in [-0.4, -0.2) is 32.6 Å². The molecule has 0 saturated carbocycles. The molecular weight excluding hydrogens is 466 g/mol. The number of nitro groups is 1. The number of rotatable bonds is 6. The van der Waals surface area contributed by atoms with Gasteiger partial charge in [0.05, 0.1) is 10.3 Å². The molecule has 0 unspecified atom stereocenters. The molecule has 1 aromatic heterocycles. The first-order chi connectivity index (χ1) is 17.4. The highest BCUT2D eigenvalue weighted by atomic mass is 16.6. The predicted octanol–water partition coefficient (Wildman–Crippen LogP) is 5.19. The number of nitrogens with zero attached hydrogens (tertiary/aromatic N) is 3. The van der Waals surface area contributed by atoms with E-state index in [0.29, 0.717) is 23.4 Å². The summed E-state index contributed by atoms with van der Waals surface area (Å²) in [6, 6.07) is 12.8. The predicted molar refractivity (Wildman–Crippen MR) is 143 cm³/mol. The number of nitro benzene ring substituents is 1. The zero-order chi connectivity index (χ0) is 26.8. The molecule has 2 aliphatic rings. The van der Waals surface area contributed by atoms with Gasteiger partial charge >= 0.3 is 0 Å². The molecule has 37 heavy (non-hydrogen) atoms. The van der Waals surface area contributed by atoms with Gasteiger partial charge in [-0.2, -0.15) is 4.58 Å². The smallest absolute Gasteiger partial charge is 0.270 e. The quantitative estimate of drug-likeness (QED) is 0.203. The van der Waals surface area contributed by atoms with Gasteiger partial charge in [-0.15, -0.1) is 0 Å². The Kier molecular flexibility index (Phi) is 5.70. The number of ketones is 1. The van der Waals surface area contributed by atoms with Crippen molar-refractivity contribution in [1.29, 1.82) is 0 Å². The Labute approximate surface area is 216 Å². The Bertz CT molecular complexity index is 1600. The first-order valence-corrected chi connectivity index (χ1v) is 12.6. The minimum atomic E-state index is -0.448. The van der Waals surface area contributed by atoms with Gasteiger partial charge in [0.25, 0.3) is 5.69 Å². The Morgan fingerprint density at radius 3 is 2.49 bits per heavy atom. The second-order valence-electron chi connectivity index (χ2n) is 10.9. The van der Waals surface area contributed by atoms with E-state index >= 15 is 0 Å². The van der Waals surface area contributed by atoms with Gasteiger partial charge in [-0.3, -0.25) is 14.9 Å². The van der Waals surface area contributed by atoms with Gasteiger partial charge in [-0.25, -0.2) is 0 Å². The van der Waals surface area contributed by atoms with Gasteiger partial charge in [0.2, 0.25) is 5.69 Å². The molecule has 5 rings (SSSR count). The molecule has 7 nitrogen and oxygen atoms in total. The standard InChI is InChI=1S/C30H31N3O4/c1-17(2)13-14-32-18(3)26(20-15-19(33(36)37)11-12-23(20)32)27-28(34)21(29(27)35)16-25-30(4,5)22-9-7-8-10-24(22)31(25)6/h7-12,15-17H,13-14H2,1-6H3. The summed E-state index contributed by atoms with van der Waals surface area (Å²) < 4.78 is 4.11. The lowest BCUT2D eigenvalue weighted by Crippen LogP contribution is -2.33. The van der Waals surface area contributed by atoms with Crippen LogP contribution in [0.2, 0.25) is 0 Å². The topological polar surface area (TPSA) is 91.2 Å². The molecule has 3 aromatic rings. The van der Waals surface area contributed by atoms with Crippen molar-refractivity contribution in [2.24, 2.45) is 5.92 Å². The molecule has 0 spiro atoms. The molecule has 0 amide bonds. The lowest BCUT2D eigenvalue weighted by Gasteiger charge is -2.31. The summed E-state index contributed by atoms with van der Waals surface area (Å²) in [4.78, 5) is 24.6. The Hall–Kier alpha value is -4.00. The van der Waals surface area contributed by atoms with Crippen LogP contribution in [0.3, 0.4) is 0 Å². The van der Waals surface area contributed by atoms with Crippen LogP contribution in [0.4, 0.5) is 11.4 Å². The second kappa shape index (κ2) is 8.54. The van der Waals surface area contributed by atoms with Gasteiger partial charge < -0.3 is 9.67 Å². The molecule has 0 radical (unpaired) electrons. The number of hydrogen-bond acceptors (Lipinski definition) is 4. The third-order valence-corrected chi connectivity index (χ3v) is 7.86. The number of non-ortho nitro benzene ring substituents is 1. The number of carbonyl (C=O) groups is 1. The van der Waals surface area contributed by atoms with E-state index in [1.54, 1.807) is 12.1 Å². The summed E-state index contributed by atoms with van der Waals surface area (Å²) >= 11 is 0. The maximum atomic E-state index is 13.5. The number of hydrogen-bond donors (Lipinski definition) is 0. The Balaban J connectivity index is 1.66. The highest BCUT2D eigenvalue weighted by molar-refractivity contribution is 6.41. The number of para-hydroxylation sites is 1. The number of fused-ring (bicyclic) bond motifs is 2. The maximum absolute atomic E-state index is 13.5. The van der Waals surface area contributed by atoms with Crippen LogP contribution in [0.25, 0.3) is 16.5 Å². The number of carbonyl (C=O) groups excluding carboxylic acids is 1. The molecule has 0 atom stereocenters. The second-order valence-corrected chi connectivity index (χ2v) is 10.9. The van der Waals surface area contributed by atoms with Crippen LogP contribution >= 0.6 is 0 Å². The highest BCUT2D eigenvalue weighted by Gasteiger charge is 2.44. The maximum Gasteiger partial charge on any atom is 0.270 e. The summed E-state index contributed by atoms with van der Waals surface area (Å²) in [7, 11) is 1.95. The molecule has 0 bridgehead atoms. The molecule has 2 heterocycles. The van der Waals surface area contributed by atoms with Crippen molar-refractivity contribution < 1.29 is 19.4 Å². The fraction of sp³-hybridized carbons (Fsp3) is 0.333. The van der Waals surface area contributed by atoms with E-state index in [4.69, 9.17) is 0 Å². The molecule has 190 valence electrons. The molecule has 7 heteroatoms. The zero-order valence-electron chi connectivity index (χ0n) is 22.1. The van der Waals surface area contributed by atoms with E-state index in [9.17, 15) is 20.0 Å². The minimum Gasteiger partial charge on any atom is -0.871 e. The summed E-state index contributed by atoms with van der Waals surface area (Å²) in [6.07, 6.45) is 2.63. The number of benzene rings is 2. The first kappa shape index (κ1) is 24.7. The lowest BCUT2D eigenvalue weighted by molar-refractivity contribution is -0.401. The van der Waals surface area contributed by atoms with Crippen molar-refractivity contribution in [3.63, 3.8) is 0 Å². The molecule has 2 aromatic carbocycles. The van der Waals surface area contributed by atoms with Crippen molar-refractivity contribution >= 4 is 39.3 Å². The number of aromatic nitrogens is 1. The molecular formula is C30H31N3O4. The molecule has 1 aliphatic heterocycles. The van der Waals surface area contributed by atoms with Gasteiger partial charge in [-0.1, -0.05) is 37.8 Å². The monoisotopic (exact) mass is 497 g/mol. The van der Waals surface area contributed by atoms with Gasteiger partial charge in [-0.05, 0) is 39.2 Å². The van der Waals surface area contributed by atoms with Gasteiger partial charge in [0.1, 0.15) is 7.05 Å². The highest BCUT2D eigenvalue weighted by Crippen LogP contribution is 2.44. The third-order valence-electron chi connectivity index (χ3n) is 7.86. The molecule has 0 saturated heterocycles. The van der Waals surface area contributed by atoms with Crippen molar-refractivity contribution in [2.45, 2.75) is 53.0 Å². The summed E-state index contributed by atoms with van der Waals surface area (Å²) in [5.74, 6) is -0.161. The lowest BCUT2D eigenvalue weighted by atomic mass is 9.77. The normalized spacial score (nSPS) is 17.8. The number of aryl methyl sites for hydroxylation is 1. The third kappa shape index (κ3) is 3.64. The van der Waals surface area contributed by atoms with E-state index in [0.717, 1.165) is 34.6 Å². The van der Waals surface area contributed by atoms with E-state index in [1.165, 1.54) is 12.1 Å². The minimum absolute atomic E-state index is 0.0620. The average Bonchev–Trinajstić information content (AvgIpc) is 3.23.